The number of aromatic nitrogens is 3. The van der Waals surface area contributed by atoms with Crippen molar-refractivity contribution in [2.75, 3.05) is 13.6 Å². The molecule has 0 saturated carbocycles. The van der Waals surface area contributed by atoms with Crippen LogP contribution >= 0.6 is 24.0 Å². The first kappa shape index (κ1) is 21.3. The van der Waals surface area contributed by atoms with Gasteiger partial charge in [0.15, 0.2) is 5.96 Å². The minimum Gasteiger partial charge on any atom is -0.355 e. The van der Waals surface area contributed by atoms with Gasteiger partial charge in [-0.05, 0) is 13.0 Å². The summed E-state index contributed by atoms with van der Waals surface area (Å²) in [4.78, 5) is 4.12. The fourth-order valence-corrected chi connectivity index (χ4v) is 2.36. The van der Waals surface area contributed by atoms with Crippen molar-refractivity contribution in [1.29, 1.82) is 0 Å². The molecule has 0 spiro atoms. The van der Waals surface area contributed by atoms with Gasteiger partial charge in [-0.2, -0.15) is 0 Å². The molecule has 6 nitrogen and oxygen atoms in total. The number of aryl methyl sites for hydroxylation is 1. The molecule has 0 amide bonds. The van der Waals surface area contributed by atoms with E-state index in [2.05, 4.69) is 25.8 Å². The number of rotatable bonds is 6. The molecule has 2 aromatic rings. The SMILES string of the molecule is CCc1nncn1CCNC(=NC)NC(C)c1ccc(F)cc1F.I. The van der Waals surface area contributed by atoms with Crippen LogP contribution in [0.15, 0.2) is 29.5 Å². The fraction of sp³-hybridized carbons (Fsp3) is 0.438. The molecule has 9 heteroatoms. The number of hydrogen-bond donors (Lipinski definition) is 2. The van der Waals surface area contributed by atoms with Crippen molar-refractivity contribution in [3.63, 3.8) is 0 Å². The quantitative estimate of drug-likeness (QED) is 0.392. The van der Waals surface area contributed by atoms with Gasteiger partial charge in [-0.25, -0.2) is 8.78 Å². The van der Waals surface area contributed by atoms with Crippen LogP contribution in [0.5, 0.6) is 0 Å². The third kappa shape index (κ3) is 5.91. The number of nitrogens with zero attached hydrogens (tertiary/aromatic N) is 4. The van der Waals surface area contributed by atoms with Gasteiger partial charge in [0.1, 0.15) is 23.8 Å². The van der Waals surface area contributed by atoms with Crippen LogP contribution in [0.2, 0.25) is 0 Å². The molecule has 0 aliphatic carbocycles. The highest BCUT2D eigenvalue weighted by Gasteiger charge is 2.13. The molecule has 1 aromatic heterocycles. The van der Waals surface area contributed by atoms with Gasteiger partial charge in [-0.1, -0.05) is 13.0 Å². The Balaban J connectivity index is 0.00000312. The van der Waals surface area contributed by atoms with Gasteiger partial charge in [-0.3, -0.25) is 4.99 Å². The van der Waals surface area contributed by atoms with Gasteiger partial charge in [-0.15, -0.1) is 34.2 Å². The Morgan fingerprint density at radius 3 is 2.76 bits per heavy atom. The van der Waals surface area contributed by atoms with E-state index in [4.69, 9.17) is 0 Å². The zero-order valence-electron chi connectivity index (χ0n) is 14.5. The summed E-state index contributed by atoms with van der Waals surface area (Å²) in [7, 11) is 1.64. The van der Waals surface area contributed by atoms with Gasteiger partial charge < -0.3 is 15.2 Å². The molecule has 0 aliphatic heterocycles. The predicted molar refractivity (Wildman–Crippen MR) is 104 cm³/mol. The van der Waals surface area contributed by atoms with Crippen LogP contribution in [0.1, 0.15) is 31.3 Å². The summed E-state index contributed by atoms with van der Waals surface area (Å²) >= 11 is 0. The van der Waals surface area contributed by atoms with Crippen molar-refractivity contribution in [3.05, 3.63) is 47.5 Å². The Hall–Kier alpha value is -1.78. The molecule has 1 aromatic carbocycles. The van der Waals surface area contributed by atoms with Gasteiger partial charge in [0.2, 0.25) is 0 Å². The lowest BCUT2D eigenvalue weighted by molar-refractivity contribution is 0.549. The van der Waals surface area contributed by atoms with Gasteiger partial charge in [0, 0.05) is 38.2 Å². The molecule has 1 heterocycles. The van der Waals surface area contributed by atoms with Crippen LogP contribution in [-0.2, 0) is 13.0 Å². The number of nitrogens with one attached hydrogen (secondary N) is 2. The largest absolute Gasteiger partial charge is 0.355 e. The number of guanidine groups is 1. The summed E-state index contributed by atoms with van der Waals surface area (Å²) in [6.07, 6.45) is 2.50. The van der Waals surface area contributed by atoms with Crippen LogP contribution < -0.4 is 10.6 Å². The molecular formula is C16H23F2IN6. The maximum absolute atomic E-state index is 13.8. The number of halogens is 3. The summed E-state index contributed by atoms with van der Waals surface area (Å²) < 4.78 is 28.8. The average Bonchev–Trinajstić information content (AvgIpc) is 3.01. The van der Waals surface area contributed by atoms with Crippen molar-refractivity contribution in [2.45, 2.75) is 32.9 Å². The van der Waals surface area contributed by atoms with E-state index in [1.807, 2.05) is 11.5 Å². The smallest absolute Gasteiger partial charge is 0.191 e. The molecule has 0 radical (unpaired) electrons. The first-order valence-corrected chi connectivity index (χ1v) is 7.84. The Morgan fingerprint density at radius 2 is 2.12 bits per heavy atom. The van der Waals surface area contributed by atoms with Crippen LogP contribution in [-0.4, -0.2) is 34.3 Å². The molecule has 138 valence electrons. The second kappa shape index (κ2) is 10.3. The van der Waals surface area contributed by atoms with E-state index in [1.54, 1.807) is 20.3 Å². The molecule has 2 N–H and O–H groups in total. The minimum absolute atomic E-state index is 0. The molecule has 0 fully saturated rings. The fourth-order valence-electron chi connectivity index (χ4n) is 2.36. The maximum atomic E-state index is 13.8. The van der Waals surface area contributed by atoms with Crippen molar-refractivity contribution in [1.82, 2.24) is 25.4 Å². The summed E-state index contributed by atoms with van der Waals surface area (Å²) in [5.74, 6) is 0.285. The average molecular weight is 464 g/mol. The first-order chi connectivity index (χ1) is 11.5. The third-order valence-corrected chi connectivity index (χ3v) is 3.66. The number of hydrogen-bond acceptors (Lipinski definition) is 3. The highest BCUT2D eigenvalue weighted by atomic mass is 127. The van der Waals surface area contributed by atoms with Crippen LogP contribution in [0.3, 0.4) is 0 Å². The monoisotopic (exact) mass is 464 g/mol. The molecule has 0 bridgehead atoms. The zero-order chi connectivity index (χ0) is 17.5. The van der Waals surface area contributed by atoms with E-state index in [1.165, 1.54) is 12.1 Å². The Labute approximate surface area is 163 Å². The molecule has 25 heavy (non-hydrogen) atoms. The molecule has 0 aliphatic rings. The lowest BCUT2D eigenvalue weighted by Gasteiger charge is -2.19. The topological polar surface area (TPSA) is 67.1 Å². The van der Waals surface area contributed by atoms with Crippen molar-refractivity contribution in [3.8, 4) is 0 Å². The summed E-state index contributed by atoms with van der Waals surface area (Å²) in [6.45, 7) is 5.12. The van der Waals surface area contributed by atoms with E-state index in [0.29, 0.717) is 24.6 Å². The summed E-state index contributed by atoms with van der Waals surface area (Å²) in [5.41, 5.74) is 0.381. The standard InChI is InChI=1S/C16H22F2N6.HI/c1-4-15-23-21-10-24(15)8-7-20-16(19-3)22-11(2)13-6-5-12(17)9-14(13)18;/h5-6,9-11H,4,7-8H2,1-3H3,(H2,19,20,22);1H. The Kier molecular flexibility index (Phi) is 8.73. The predicted octanol–water partition coefficient (Wildman–Crippen LogP) is 2.66. The number of aliphatic imine (C=N–C) groups is 1. The van der Waals surface area contributed by atoms with E-state index in [9.17, 15) is 8.78 Å². The lowest BCUT2D eigenvalue weighted by Crippen LogP contribution is -2.40. The van der Waals surface area contributed by atoms with Gasteiger partial charge in [0.25, 0.3) is 0 Å². The van der Waals surface area contributed by atoms with Crippen LogP contribution in [0, 0.1) is 11.6 Å². The van der Waals surface area contributed by atoms with Crippen molar-refractivity contribution in [2.24, 2.45) is 4.99 Å². The summed E-state index contributed by atoms with van der Waals surface area (Å²) in [5, 5.41) is 14.2. The Morgan fingerprint density at radius 1 is 1.36 bits per heavy atom. The zero-order valence-corrected chi connectivity index (χ0v) is 16.8. The maximum Gasteiger partial charge on any atom is 0.191 e. The van der Waals surface area contributed by atoms with Crippen LogP contribution in [0.4, 0.5) is 8.78 Å². The van der Waals surface area contributed by atoms with Crippen molar-refractivity contribution < 1.29 is 8.78 Å². The van der Waals surface area contributed by atoms with Gasteiger partial charge in [0.05, 0.1) is 6.04 Å². The Bertz CT molecular complexity index is 704. The summed E-state index contributed by atoms with van der Waals surface area (Å²) in [6, 6.07) is 3.20. The third-order valence-electron chi connectivity index (χ3n) is 3.66. The van der Waals surface area contributed by atoms with Crippen molar-refractivity contribution >= 4 is 29.9 Å². The van der Waals surface area contributed by atoms with E-state index in [0.717, 1.165) is 18.3 Å². The molecule has 0 saturated heterocycles. The first-order valence-electron chi connectivity index (χ1n) is 7.84. The normalized spacial score (nSPS) is 12.4. The van der Waals surface area contributed by atoms with Crippen LogP contribution in [0.25, 0.3) is 0 Å². The molecule has 1 atom stereocenters. The molecular weight excluding hydrogens is 441 g/mol. The molecule has 1 unspecified atom stereocenters. The molecule has 2 rings (SSSR count). The second-order valence-corrected chi connectivity index (χ2v) is 5.32. The van der Waals surface area contributed by atoms with E-state index < -0.39 is 11.6 Å². The second-order valence-electron chi connectivity index (χ2n) is 5.32. The minimum atomic E-state index is -0.591. The van der Waals surface area contributed by atoms with E-state index in [-0.39, 0.29) is 30.0 Å². The van der Waals surface area contributed by atoms with E-state index >= 15 is 0 Å². The lowest BCUT2D eigenvalue weighted by atomic mass is 10.1. The van der Waals surface area contributed by atoms with Gasteiger partial charge >= 0.3 is 0 Å². The highest BCUT2D eigenvalue weighted by molar-refractivity contribution is 14.0. The number of benzene rings is 1. The highest BCUT2D eigenvalue weighted by Crippen LogP contribution is 2.17.